The van der Waals surface area contributed by atoms with Gasteiger partial charge in [-0.3, -0.25) is 4.79 Å². The maximum Gasteiger partial charge on any atom is 0.226 e. The zero-order valence-electron chi connectivity index (χ0n) is 15.5. The molecule has 2 aromatic carbocycles. The molecule has 0 bridgehead atoms. The van der Waals surface area contributed by atoms with E-state index in [9.17, 15) is 4.79 Å². The molecule has 142 valence electrons. The molecule has 4 rings (SSSR count). The van der Waals surface area contributed by atoms with Crippen LogP contribution >= 0.6 is 23.4 Å². The number of methoxy groups -OCH3 is 2. The highest BCUT2D eigenvalue weighted by Crippen LogP contribution is 2.41. The van der Waals surface area contributed by atoms with Gasteiger partial charge in [0.05, 0.1) is 24.1 Å². The number of carbonyl (C=O) groups is 1. The minimum atomic E-state index is 0.238. The number of hydrogen-bond acceptors (Lipinski definition) is 4. The van der Waals surface area contributed by atoms with Gasteiger partial charge in [0.15, 0.2) is 0 Å². The van der Waals surface area contributed by atoms with Crippen molar-refractivity contribution in [3.8, 4) is 22.6 Å². The Morgan fingerprint density at radius 3 is 2.56 bits per heavy atom. The second kappa shape index (κ2) is 7.64. The molecule has 0 spiro atoms. The lowest BCUT2D eigenvalue weighted by Gasteiger charge is -2.21. The first-order chi connectivity index (χ1) is 13.1. The van der Waals surface area contributed by atoms with Gasteiger partial charge in [-0.05, 0) is 53.8 Å². The number of halogens is 1. The van der Waals surface area contributed by atoms with Crippen LogP contribution in [0.15, 0.2) is 35.2 Å². The SMILES string of the molecule is COc1ccc(-c2cc3c(c(OC)c2)SCCN(C(=O)C2CC2)C3)cc1Cl. The van der Waals surface area contributed by atoms with Crippen molar-refractivity contribution in [2.24, 2.45) is 5.92 Å². The normalized spacial score (nSPS) is 16.5. The molecule has 0 unspecified atom stereocenters. The molecular formula is C21H22ClNO3S. The number of rotatable bonds is 4. The van der Waals surface area contributed by atoms with E-state index < -0.39 is 0 Å². The van der Waals surface area contributed by atoms with Gasteiger partial charge in [0.1, 0.15) is 11.5 Å². The van der Waals surface area contributed by atoms with Gasteiger partial charge in [-0.25, -0.2) is 0 Å². The highest BCUT2D eigenvalue weighted by Gasteiger charge is 2.34. The largest absolute Gasteiger partial charge is 0.496 e. The lowest BCUT2D eigenvalue weighted by molar-refractivity contribution is -0.132. The monoisotopic (exact) mass is 403 g/mol. The Hall–Kier alpha value is -1.85. The van der Waals surface area contributed by atoms with Crippen molar-refractivity contribution >= 4 is 29.3 Å². The van der Waals surface area contributed by atoms with E-state index in [2.05, 4.69) is 6.07 Å². The average Bonchev–Trinajstić information content (AvgIpc) is 3.52. The van der Waals surface area contributed by atoms with Crippen LogP contribution in [0.1, 0.15) is 18.4 Å². The van der Waals surface area contributed by atoms with Crippen LogP contribution in [-0.4, -0.2) is 37.3 Å². The number of carbonyl (C=O) groups excluding carboxylic acids is 1. The molecule has 4 nitrogen and oxygen atoms in total. The highest BCUT2D eigenvalue weighted by molar-refractivity contribution is 7.99. The van der Waals surface area contributed by atoms with Crippen molar-refractivity contribution in [1.82, 2.24) is 4.90 Å². The molecule has 0 N–H and O–H groups in total. The number of benzene rings is 2. The molecule has 2 aromatic rings. The summed E-state index contributed by atoms with van der Waals surface area (Å²) >= 11 is 8.08. The fourth-order valence-corrected chi connectivity index (χ4v) is 4.79. The molecule has 1 aliphatic heterocycles. The summed E-state index contributed by atoms with van der Waals surface area (Å²) in [5.74, 6) is 2.91. The lowest BCUT2D eigenvalue weighted by Crippen LogP contribution is -2.32. The molecule has 1 amide bonds. The Kier molecular flexibility index (Phi) is 5.24. The van der Waals surface area contributed by atoms with Crippen LogP contribution in [-0.2, 0) is 11.3 Å². The first-order valence-corrected chi connectivity index (χ1v) is 10.4. The van der Waals surface area contributed by atoms with E-state index >= 15 is 0 Å². The summed E-state index contributed by atoms with van der Waals surface area (Å²) < 4.78 is 10.9. The maximum absolute atomic E-state index is 12.6. The Labute approximate surface area is 168 Å². The fraction of sp³-hybridized carbons (Fsp3) is 0.381. The Bertz CT molecular complexity index is 882. The van der Waals surface area contributed by atoms with Crippen LogP contribution in [0.2, 0.25) is 5.02 Å². The molecule has 1 heterocycles. The third kappa shape index (κ3) is 3.76. The lowest BCUT2D eigenvalue weighted by atomic mass is 10.0. The molecule has 0 atom stereocenters. The van der Waals surface area contributed by atoms with E-state index in [0.29, 0.717) is 23.2 Å². The van der Waals surface area contributed by atoms with E-state index in [-0.39, 0.29) is 5.92 Å². The third-order valence-electron chi connectivity index (χ3n) is 5.04. The van der Waals surface area contributed by atoms with Gasteiger partial charge < -0.3 is 14.4 Å². The molecule has 1 fully saturated rings. The Morgan fingerprint density at radius 2 is 1.89 bits per heavy atom. The molecule has 1 saturated carbocycles. The molecule has 27 heavy (non-hydrogen) atoms. The van der Waals surface area contributed by atoms with E-state index in [1.807, 2.05) is 29.2 Å². The van der Waals surface area contributed by atoms with Crippen molar-refractivity contribution in [2.75, 3.05) is 26.5 Å². The van der Waals surface area contributed by atoms with Crippen molar-refractivity contribution in [3.63, 3.8) is 0 Å². The van der Waals surface area contributed by atoms with E-state index in [1.165, 1.54) is 0 Å². The van der Waals surface area contributed by atoms with Gasteiger partial charge in [-0.2, -0.15) is 0 Å². The zero-order chi connectivity index (χ0) is 19.0. The Morgan fingerprint density at radius 1 is 1.11 bits per heavy atom. The van der Waals surface area contributed by atoms with E-state index in [0.717, 1.165) is 52.5 Å². The molecule has 0 radical (unpaired) electrons. The van der Waals surface area contributed by atoms with Crippen molar-refractivity contribution < 1.29 is 14.3 Å². The van der Waals surface area contributed by atoms with Gasteiger partial charge in [0, 0.05) is 24.8 Å². The van der Waals surface area contributed by atoms with Gasteiger partial charge in [-0.1, -0.05) is 17.7 Å². The summed E-state index contributed by atoms with van der Waals surface area (Å²) in [6.07, 6.45) is 2.06. The maximum atomic E-state index is 12.6. The van der Waals surface area contributed by atoms with Gasteiger partial charge in [0.2, 0.25) is 5.91 Å². The summed E-state index contributed by atoms with van der Waals surface area (Å²) in [6.45, 7) is 1.41. The number of thioether (sulfide) groups is 1. The standard InChI is InChI=1S/C21H22ClNO3S/c1-25-18-6-5-14(10-17(18)22)15-9-16-12-23(21(24)13-3-4-13)7-8-27-20(16)19(11-15)26-2/h5-6,9-11,13H,3-4,7-8,12H2,1-2H3. The summed E-state index contributed by atoms with van der Waals surface area (Å²) in [5, 5.41) is 0.573. The number of nitrogens with zero attached hydrogens (tertiary/aromatic N) is 1. The molecule has 6 heteroatoms. The predicted octanol–water partition coefficient (Wildman–Crippen LogP) is 4.87. The smallest absolute Gasteiger partial charge is 0.226 e. The molecule has 1 aliphatic carbocycles. The zero-order valence-corrected chi connectivity index (χ0v) is 17.0. The third-order valence-corrected chi connectivity index (χ3v) is 6.48. The minimum Gasteiger partial charge on any atom is -0.496 e. The summed E-state index contributed by atoms with van der Waals surface area (Å²) in [6, 6.07) is 9.96. The second-order valence-corrected chi connectivity index (χ2v) is 8.41. The van der Waals surface area contributed by atoms with E-state index in [4.69, 9.17) is 21.1 Å². The summed E-state index contributed by atoms with van der Waals surface area (Å²) in [7, 11) is 3.30. The highest BCUT2D eigenvalue weighted by atomic mass is 35.5. The number of ether oxygens (including phenoxy) is 2. The van der Waals surface area contributed by atoms with Gasteiger partial charge >= 0.3 is 0 Å². The van der Waals surface area contributed by atoms with Crippen molar-refractivity contribution in [1.29, 1.82) is 0 Å². The van der Waals surface area contributed by atoms with Crippen molar-refractivity contribution in [2.45, 2.75) is 24.3 Å². The van der Waals surface area contributed by atoms with Crippen LogP contribution < -0.4 is 9.47 Å². The second-order valence-electron chi connectivity index (χ2n) is 6.90. The molecular weight excluding hydrogens is 382 g/mol. The van der Waals surface area contributed by atoms with Crippen LogP contribution in [0.3, 0.4) is 0 Å². The summed E-state index contributed by atoms with van der Waals surface area (Å²) in [4.78, 5) is 15.7. The topological polar surface area (TPSA) is 38.8 Å². The van der Waals surface area contributed by atoms with Crippen LogP contribution in [0.4, 0.5) is 0 Å². The number of hydrogen-bond donors (Lipinski definition) is 0. The quantitative estimate of drug-likeness (QED) is 0.730. The van der Waals surface area contributed by atoms with Crippen LogP contribution in [0, 0.1) is 5.92 Å². The minimum absolute atomic E-state index is 0.238. The summed E-state index contributed by atoms with van der Waals surface area (Å²) in [5.41, 5.74) is 3.15. The van der Waals surface area contributed by atoms with Crippen LogP contribution in [0.5, 0.6) is 11.5 Å². The van der Waals surface area contributed by atoms with Crippen LogP contribution in [0.25, 0.3) is 11.1 Å². The molecule has 0 aromatic heterocycles. The first-order valence-electron chi connectivity index (χ1n) is 9.07. The van der Waals surface area contributed by atoms with E-state index in [1.54, 1.807) is 26.0 Å². The van der Waals surface area contributed by atoms with Crippen molar-refractivity contribution in [3.05, 3.63) is 40.9 Å². The Balaban J connectivity index is 1.72. The number of amides is 1. The molecule has 0 saturated heterocycles. The molecule has 2 aliphatic rings. The average molecular weight is 404 g/mol. The number of fused-ring (bicyclic) bond motifs is 1. The van der Waals surface area contributed by atoms with Gasteiger partial charge in [-0.15, -0.1) is 11.8 Å². The fourth-order valence-electron chi connectivity index (χ4n) is 3.42. The van der Waals surface area contributed by atoms with Gasteiger partial charge in [0.25, 0.3) is 0 Å². The predicted molar refractivity (Wildman–Crippen MR) is 109 cm³/mol. The first kappa shape index (κ1) is 18.5.